The number of nitrogen functional groups attached to an aromatic ring is 1. The third-order valence-electron chi connectivity index (χ3n) is 2.37. The highest BCUT2D eigenvalue weighted by atomic mass is 79.9. The summed E-state index contributed by atoms with van der Waals surface area (Å²) in [6.07, 6.45) is 0. The minimum atomic E-state index is -0.0786. The molecule has 0 aliphatic rings. The van der Waals surface area contributed by atoms with Gasteiger partial charge in [0.05, 0.1) is 5.69 Å². The molecule has 2 N–H and O–H groups in total. The van der Waals surface area contributed by atoms with Crippen LogP contribution in [0, 0.1) is 0 Å². The molecule has 0 unspecified atom stereocenters. The summed E-state index contributed by atoms with van der Waals surface area (Å²) in [6, 6.07) is 12.6. The lowest BCUT2D eigenvalue weighted by molar-refractivity contribution is 0.103. The van der Waals surface area contributed by atoms with Crippen molar-refractivity contribution in [1.82, 2.24) is 0 Å². The smallest absolute Gasteiger partial charge is 0.195 e. The van der Waals surface area contributed by atoms with E-state index in [4.69, 9.17) is 5.73 Å². The zero-order chi connectivity index (χ0) is 12.4. The first-order chi connectivity index (χ1) is 8.09. The lowest BCUT2D eigenvalue weighted by Crippen LogP contribution is -2.05. The van der Waals surface area contributed by atoms with Gasteiger partial charge in [-0.15, -0.1) is 0 Å². The van der Waals surface area contributed by atoms with Crippen LogP contribution in [0.3, 0.4) is 0 Å². The number of ketones is 1. The Bertz CT molecular complexity index is 567. The topological polar surface area (TPSA) is 43.1 Å². The van der Waals surface area contributed by atoms with Gasteiger partial charge in [0.1, 0.15) is 0 Å². The molecule has 0 saturated heterocycles. The van der Waals surface area contributed by atoms with Crippen molar-refractivity contribution in [2.24, 2.45) is 0 Å². The molecule has 2 aromatic carbocycles. The van der Waals surface area contributed by atoms with Crippen molar-refractivity contribution in [3.8, 4) is 0 Å². The molecule has 0 fully saturated rings. The number of benzene rings is 2. The number of hydrogen-bond donors (Lipinski definition) is 1. The number of carbonyl (C=O) groups excluding carboxylic acids is 1. The molecular formula is C13H9Br2NO. The van der Waals surface area contributed by atoms with Crippen molar-refractivity contribution in [2.45, 2.75) is 0 Å². The van der Waals surface area contributed by atoms with Crippen LogP contribution in [0.15, 0.2) is 51.4 Å². The van der Waals surface area contributed by atoms with E-state index >= 15 is 0 Å². The monoisotopic (exact) mass is 353 g/mol. The van der Waals surface area contributed by atoms with Crippen molar-refractivity contribution >= 4 is 43.3 Å². The van der Waals surface area contributed by atoms with Crippen LogP contribution in [0.1, 0.15) is 15.9 Å². The molecule has 0 radical (unpaired) electrons. The van der Waals surface area contributed by atoms with Gasteiger partial charge in [-0.05, 0) is 28.1 Å². The van der Waals surface area contributed by atoms with Crippen LogP contribution < -0.4 is 5.73 Å². The first-order valence-corrected chi connectivity index (χ1v) is 6.52. The van der Waals surface area contributed by atoms with Crippen molar-refractivity contribution in [2.75, 3.05) is 5.73 Å². The fraction of sp³-hybridized carbons (Fsp3) is 0. The van der Waals surface area contributed by atoms with Gasteiger partial charge in [0.25, 0.3) is 0 Å². The molecule has 0 aliphatic heterocycles. The van der Waals surface area contributed by atoms with Gasteiger partial charge in [-0.3, -0.25) is 4.79 Å². The highest BCUT2D eigenvalue weighted by molar-refractivity contribution is 9.11. The van der Waals surface area contributed by atoms with Gasteiger partial charge in [-0.2, -0.15) is 0 Å². The quantitative estimate of drug-likeness (QED) is 0.653. The third kappa shape index (κ3) is 2.58. The van der Waals surface area contributed by atoms with E-state index in [-0.39, 0.29) is 5.78 Å². The minimum Gasteiger partial charge on any atom is -0.397 e. The van der Waals surface area contributed by atoms with E-state index in [0.29, 0.717) is 21.3 Å². The predicted molar refractivity (Wildman–Crippen MR) is 76.1 cm³/mol. The van der Waals surface area contributed by atoms with Crippen molar-refractivity contribution < 1.29 is 4.79 Å². The minimum absolute atomic E-state index is 0.0786. The van der Waals surface area contributed by atoms with Crippen LogP contribution >= 0.6 is 31.9 Å². The number of hydrogen-bond acceptors (Lipinski definition) is 2. The molecule has 17 heavy (non-hydrogen) atoms. The molecule has 86 valence electrons. The van der Waals surface area contributed by atoms with E-state index in [2.05, 4.69) is 31.9 Å². The average Bonchev–Trinajstić information content (AvgIpc) is 2.34. The Morgan fingerprint density at radius 3 is 2.35 bits per heavy atom. The molecule has 0 heterocycles. The maximum atomic E-state index is 12.2. The molecule has 0 atom stereocenters. The first-order valence-electron chi connectivity index (χ1n) is 4.94. The van der Waals surface area contributed by atoms with Gasteiger partial charge in [-0.25, -0.2) is 0 Å². The Kier molecular flexibility index (Phi) is 3.64. The Balaban J connectivity index is 2.52. The molecule has 0 aliphatic carbocycles. The molecule has 0 aromatic heterocycles. The van der Waals surface area contributed by atoms with Crippen molar-refractivity contribution in [1.29, 1.82) is 0 Å². The van der Waals surface area contributed by atoms with E-state index < -0.39 is 0 Å². The van der Waals surface area contributed by atoms with Crippen LogP contribution in [-0.2, 0) is 0 Å². The molecule has 2 aromatic rings. The lowest BCUT2D eigenvalue weighted by atomic mass is 10.0. The lowest BCUT2D eigenvalue weighted by Gasteiger charge is -2.07. The second kappa shape index (κ2) is 5.02. The summed E-state index contributed by atoms with van der Waals surface area (Å²) in [5.41, 5.74) is 7.49. The Morgan fingerprint density at radius 1 is 1.06 bits per heavy atom. The number of rotatable bonds is 2. The zero-order valence-electron chi connectivity index (χ0n) is 8.78. The highest BCUT2D eigenvalue weighted by Gasteiger charge is 2.14. The largest absolute Gasteiger partial charge is 0.397 e. The summed E-state index contributed by atoms with van der Waals surface area (Å²) >= 11 is 6.68. The SMILES string of the molecule is Nc1c(Br)cc(Br)cc1C(=O)c1ccccc1. The van der Waals surface area contributed by atoms with Crippen molar-refractivity contribution in [3.05, 3.63) is 62.5 Å². The van der Waals surface area contributed by atoms with Crippen LogP contribution in [0.25, 0.3) is 0 Å². The summed E-state index contributed by atoms with van der Waals surface area (Å²) in [6.45, 7) is 0. The molecule has 0 amide bonds. The predicted octanol–water partition coefficient (Wildman–Crippen LogP) is 4.02. The van der Waals surface area contributed by atoms with E-state index in [0.717, 1.165) is 4.47 Å². The Morgan fingerprint density at radius 2 is 1.71 bits per heavy atom. The molecule has 2 nitrogen and oxygen atoms in total. The van der Waals surface area contributed by atoms with Gasteiger partial charge in [0.2, 0.25) is 0 Å². The van der Waals surface area contributed by atoms with Gasteiger partial charge in [0.15, 0.2) is 5.78 Å². The fourth-order valence-electron chi connectivity index (χ4n) is 1.52. The maximum absolute atomic E-state index is 12.2. The molecular weight excluding hydrogens is 346 g/mol. The van der Waals surface area contributed by atoms with Crippen molar-refractivity contribution in [3.63, 3.8) is 0 Å². The molecule has 4 heteroatoms. The Hall–Kier alpha value is -1.13. The number of halogens is 2. The second-order valence-corrected chi connectivity index (χ2v) is 5.31. The second-order valence-electron chi connectivity index (χ2n) is 3.54. The standard InChI is InChI=1S/C13H9Br2NO/c14-9-6-10(12(16)11(15)7-9)13(17)8-4-2-1-3-5-8/h1-7H,16H2. The first kappa shape index (κ1) is 12.3. The van der Waals surface area contributed by atoms with Gasteiger partial charge in [0, 0.05) is 20.1 Å². The summed E-state index contributed by atoms with van der Waals surface area (Å²) < 4.78 is 1.53. The van der Waals surface area contributed by atoms with Crippen LogP contribution in [0.2, 0.25) is 0 Å². The number of carbonyl (C=O) groups is 1. The average molecular weight is 355 g/mol. The maximum Gasteiger partial charge on any atom is 0.195 e. The Labute approximate surface area is 116 Å². The molecule has 0 spiro atoms. The summed E-state index contributed by atoms with van der Waals surface area (Å²) in [5, 5.41) is 0. The summed E-state index contributed by atoms with van der Waals surface area (Å²) in [5.74, 6) is -0.0786. The molecule has 0 bridgehead atoms. The van der Waals surface area contributed by atoms with Gasteiger partial charge < -0.3 is 5.73 Å². The third-order valence-corrected chi connectivity index (χ3v) is 3.49. The van der Waals surface area contributed by atoms with Gasteiger partial charge >= 0.3 is 0 Å². The number of nitrogens with two attached hydrogens (primary N) is 1. The van der Waals surface area contributed by atoms with Crippen LogP contribution in [0.5, 0.6) is 0 Å². The zero-order valence-corrected chi connectivity index (χ0v) is 12.0. The number of anilines is 1. The highest BCUT2D eigenvalue weighted by Crippen LogP contribution is 2.29. The van der Waals surface area contributed by atoms with E-state index in [1.165, 1.54) is 0 Å². The summed E-state index contributed by atoms with van der Waals surface area (Å²) in [7, 11) is 0. The normalized spacial score (nSPS) is 10.2. The molecule has 0 saturated carbocycles. The summed E-state index contributed by atoms with van der Waals surface area (Å²) in [4.78, 5) is 12.2. The molecule has 2 rings (SSSR count). The van der Waals surface area contributed by atoms with Gasteiger partial charge in [-0.1, -0.05) is 46.3 Å². The van der Waals surface area contributed by atoms with E-state index in [9.17, 15) is 4.79 Å². The van der Waals surface area contributed by atoms with Crippen LogP contribution in [0.4, 0.5) is 5.69 Å². The fourth-order valence-corrected chi connectivity index (χ4v) is 2.74. The van der Waals surface area contributed by atoms with E-state index in [1.807, 2.05) is 24.3 Å². The van der Waals surface area contributed by atoms with E-state index in [1.54, 1.807) is 18.2 Å². The van der Waals surface area contributed by atoms with Crippen LogP contribution in [-0.4, -0.2) is 5.78 Å².